The van der Waals surface area contributed by atoms with E-state index in [-0.39, 0.29) is 17.6 Å². The zero-order valence-corrected chi connectivity index (χ0v) is 13.9. The van der Waals surface area contributed by atoms with Gasteiger partial charge in [-0.05, 0) is 49.9 Å². The molecule has 2 heterocycles. The maximum absolute atomic E-state index is 13.2. The number of rotatable bonds is 4. The Morgan fingerprint density at radius 3 is 3.04 bits per heavy atom. The summed E-state index contributed by atoms with van der Waals surface area (Å²) in [5.74, 6) is 0.924. The van der Waals surface area contributed by atoms with Crippen LogP contribution in [0.3, 0.4) is 0 Å². The van der Waals surface area contributed by atoms with Crippen LogP contribution in [0, 0.1) is 12.7 Å². The highest BCUT2D eigenvalue weighted by atomic mass is 19.1. The van der Waals surface area contributed by atoms with Crippen molar-refractivity contribution < 1.29 is 9.18 Å². The van der Waals surface area contributed by atoms with Crippen molar-refractivity contribution in [3.8, 4) is 0 Å². The fourth-order valence-electron chi connectivity index (χ4n) is 3.25. The summed E-state index contributed by atoms with van der Waals surface area (Å²) in [6.07, 6.45) is 4.80. The minimum absolute atomic E-state index is 0.134. The molecule has 1 aromatic carbocycles. The molecule has 0 spiro atoms. The number of likely N-dealkylation sites (tertiary alicyclic amines) is 1. The molecule has 24 heavy (non-hydrogen) atoms. The first-order chi connectivity index (χ1) is 11.6. The van der Waals surface area contributed by atoms with E-state index in [0.29, 0.717) is 19.4 Å². The van der Waals surface area contributed by atoms with Crippen molar-refractivity contribution >= 4 is 5.91 Å². The molecule has 126 valence electrons. The zero-order valence-electron chi connectivity index (χ0n) is 13.9. The van der Waals surface area contributed by atoms with E-state index in [1.165, 1.54) is 12.1 Å². The van der Waals surface area contributed by atoms with Crippen LogP contribution in [0.25, 0.3) is 0 Å². The summed E-state index contributed by atoms with van der Waals surface area (Å²) >= 11 is 0. The highest BCUT2D eigenvalue weighted by molar-refractivity contribution is 5.76. The molecule has 5 heteroatoms. The standard InChI is InChI=1S/C19H22FN3O/c1-14-21-10-9-18(22-14)16-5-3-11-23(13-16)19(24)8-7-15-4-2-6-17(20)12-15/h2,4,6,9-10,12,16H,3,5,7-8,11,13H2,1H3/t16-/m1/s1. The molecule has 1 fully saturated rings. The van der Waals surface area contributed by atoms with Crippen molar-refractivity contribution in [2.24, 2.45) is 0 Å². The molecular formula is C19H22FN3O. The van der Waals surface area contributed by atoms with Crippen LogP contribution in [-0.4, -0.2) is 33.9 Å². The van der Waals surface area contributed by atoms with Crippen LogP contribution >= 0.6 is 0 Å². The highest BCUT2D eigenvalue weighted by Crippen LogP contribution is 2.26. The van der Waals surface area contributed by atoms with E-state index in [9.17, 15) is 9.18 Å². The lowest BCUT2D eigenvalue weighted by molar-refractivity contribution is -0.132. The summed E-state index contributed by atoms with van der Waals surface area (Å²) in [6, 6.07) is 8.40. The maximum Gasteiger partial charge on any atom is 0.222 e. The van der Waals surface area contributed by atoms with Gasteiger partial charge in [0.15, 0.2) is 0 Å². The summed E-state index contributed by atoms with van der Waals surface area (Å²) in [4.78, 5) is 23.1. The Bertz CT molecular complexity index is 719. The van der Waals surface area contributed by atoms with Gasteiger partial charge in [-0.3, -0.25) is 4.79 Å². The van der Waals surface area contributed by atoms with Crippen LogP contribution in [0.2, 0.25) is 0 Å². The van der Waals surface area contributed by atoms with Crippen LogP contribution in [0.15, 0.2) is 36.5 Å². The number of hydrogen-bond acceptors (Lipinski definition) is 3. The number of halogens is 1. The number of aromatic nitrogens is 2. The number of piperidine rings is 1. The van der Waals surface area contributed by atoms with Gasteiger partial charge in [0.1, 0.15) is 11.6 Å². The molecule has 1 saturated heterocycles. The van der Waals surface area contributed by atoms with E-state index in [4.69, 9.17) is 0 Å². The number of carbonyl (C=O) groups is 1. The largest absolute Gasteiger partial charge is 0.342 e. The van der Waals surface area contributed by atoms with Crippen molar-refractivity contribution in [2.75, 3.05) is 13.1 Å². The molecule has 0 saturated carbocycles. The van der Waals surface area contributed by atoms with Crippen molar-refractivity contribution in [2.45, 2.75) is 38.5 Å². The van der Waals surface area contributed by atoms with Gasteiger partial charge >= 0.3 is 0 Å². The molecule has 1 aliphatic heterocycles. The number of amides is 1. The van der Waals surface area contributed by atoms with Gasteiger partial charge in [0.25, 0.3) is 0 Å². The molecule has 3 rings (SSSR count). The van der Waals surface area contributed by atoms with Gasteiger partial charge in [0.05, 0.1) is 0 Å². The molecule has 4 nitrogen and oxygen atoms in total. The minimum atomic E-state index is -0.253. The topological polar surface area (TPSA) is 46.1 Å². The van der Waals surface area contributed by atoms with E-state index in [2.05, 4.69) is 9.97 Å². The fraction of sp³-hybridized carbons (Fsp3) is 0.421. The number of aryl methyl sites for hydroxylation is 2. The Hall–Kier alpha value is -2.30. The smallest absolute Gasteiger partial charge is 0.222 e. The second kappa shape index (κ2) is 7.51. The van der Waals surface area contributed by atoms with Crippen molar-refractivity contribution in [3.63, 3.8) is 0 Å². The average Bonchev–Trinajstić information content (AvgIpc) is 2.60. The number of carbonyl (C=O) groups excluding carboxylic acids is 1. The lowest BCUT2D eigenvalue weighted by atomic mass is 9.94. The van der Waals surface area contributed by atoms with Gasteiger partial charge in [-0.2, -0.15) is 0 Å². The molecule has 1 aliphatic rings. The molecule has 1 atom stereocenters. The van der Waals surface area contributed by atoms with E-state index in [1.807, 2.05) is 24.0 Å². The Labute approximate surface area is 141 Å². The second-order valence-electron chi connectivity index (χ2n) is 6.34. The highest BCUT2D eigenvalue weighted by Gasteiger charge is 2.25. The lowest BCUT2D eigenvalue weighted by Gasteiger charge is -2.32. The Kier molecular flexibility index (Phi) is 5.18. The lowest BCUT2D eigenvalue weighted by Crippen LogP contribution is -2.39. The van der Waals surface area contributed by atoms with E-state index < -0.39 is 0 Å². The first-order valence-corrected chi connectivity index (χ1v) is 8.43. The molecule has 0 radical (unpaired) electrons. The van der Waals surface area contributed by atoms with Crippen molar-refractivity contribution in [3.05, 3.63) is 59.4 Å². The second-order valence-corrected chi connectivity index (χ2v) is 6.34. The summed E-state index contributed by atoms with van der Waals surface area (Å²) < 4.78 is 13.2. The van der Waals surface area contributed by atoms with Crippen molar-refractivity contribution in [1.29, 1.82) is 0 Å². The van der Waals surface area contributed by atoms with Gasteiger partial charge in [0.2, 0.25) is 5.91 Å². The first kappa shape index (κ1) is 16.6. The van der Waals surface area contributed by atoms with Crippen LogP contribution in [0.5, 0.6) is 0 Å². The van der Waals surface area contributed by atoms with E-state index in [0.717, 1.165) is 36.5 Å². The normalized spacial score (nSPS) is 17.8. The molecule has 0 aliphatic carbocycles. The zero-order chi connectivity index (χ0) is 16.9. The van der Waals surface area contributed by atoms with Crippen LogP contribution < -0.4 is 0 Å². The monoisotopic (exact) mass is 327 g/mol. The molecular weight excluding hydrogens is 305 g/mol. The Morgan fingerprint density at radius 1 is 1.38 bits per heavy atom. The van der Waals surface area contributed by atoms with Gasteiger partial charge in [-0.1, -0.05) is 12.1 Å². The van der Waals surface area contributed by atoms with Gasteiger partial charge in [-0.25, -0.2) is 14.4 Å². The van der Waals surface area contributed by atoms with Gasteiger partial charge in [0, 0.05) is 37.3 Å². The summed E-state index contributed by atoms with van der Waals surface area (Å²) in [6.45, 7) is 3.38. The summed E-state index contributed by atoms with van der Waals surface area (Å²) in [5, 5.41) is 0. The fourth-order valence-corrected chi connectivity index (χ4v) is 3.25. The van der Waals surface area contributed by atoms with Gasteiger partial charge in [-0.15, -0.1) is 0 Å². The number of hydrogen-bond donors (Lipinski definition) is 0. The Morgan fingerprint density at radius 2 is 2.25 bits per heavy atom. The molecule has 0 bridgehead atoms. The van der Waals surface area contributed by atoms with Crippen LogP contribution in [0.1, 0.15) is 42.3 Å². The van der Waals surface area contributed by atoms with Crippen LogP contribution in [-0.2, 0) is 11.2 Å². The van der Waals surface area contributed by atoms with Crippen molar-refractivity contribution in [1.82, 2.24) is 14.9 Å². The SMILES string of the molecule is Cc1nccc([C@@H]2CCCN(C(=O)CCc3cccc(F)c3)C2)n1. The minimum Gasteiger partial charge on any atom is -0.342 e. The molecule has 2 aromatic rings. The molecule has 1 aromatic heterocycles. The van der Waals surface area contributed by atoms with Gasteiger partial charge < -0.3 is 4.90 Å². The predicted molar refractivity (Wildman–Crippen MR) is 90.0 cm³/mol. The molecule has 0 unspecified atom stereocenters. The first-order valence-electron chi connectivity index (χ1n) is 8.43. The predicted octanol–water partition coefficient (Wildman–Crippen LogP) is 3.26. The average molecular weight is 327 g/mol. The third kappa shape index (κ3) is 4.16. The van der Waals surface area contributed by atoms with Crippen LogP contribution in [0.4, 0.5) is 4.39 Å². The molecule has 0 N–H and O–H groups in total. The van der Waals surface area contributed by atoms with E-state index in [1.54, 1.807) is 12.3 Å². The summed E-state index contributed by atoms with van der Waals surface area (Å²) in [7, 11) is 0. The number of benzene rings is 1. The maximum atomic E-state index is 13.2. The molecule has 1 amide bonds. The third-order valence-corrected chi connectivity index (χ3v) is 4.51. The number of nitrogens with zero attached hydrogens (tertiary/aromatic N) is 3. The summed E-state index contributed by atoms with van der Waals surface area (Å²) in [5.41, 5.74) is 1.88. The Balaban J connectivity index is 1.59. The third-order valence-electron chi connectivity index (χ3n) is 4.51. The quantitative estimate of drug-likeness (QED) is 0.866. The van der Waals surface area contributed by atoms with E-state index >= 15 is 0 Å².